The summed E-state index contributed by atoms with van der Waals surface area (Å²) in [4.78, 5) is 17.0. The lowest BCUT2D eigenvalue weighted by molar-refractivity contribution is 0.316. The summed E-state index contributed by atoms with van der Waals surface area (Å²) in [6.07, 6.45) is 0. The van der Waals surface area contributed by atoms with Crippen molar-refractivity contribution in [2.45, 2.75) is 20.6 Å². The van der Waals surface area contributed by atoms with Crippen molar-refractivity contribution in [1.29, 1.82) is 0 Å². The van der Waals surface area contributed by atoms with Crippen molar-refractivity contribution in [3.05, 3.63) is 138 Å². The zero-order chi connectivity index (χ0) is 39.6. The molecule has 48 heavy (non-hydrogen) atoms. The summed E-state index contributed by atoms with van der Waals surface area (Å²) < 4.78 is 77.8. The van der Waals surface area contributed by atoms with Crippen molar-refractivity contribution in [3.8, 4) is 28.1 Å². The van der Waals surface area contributed by atoms with Crippen molar-refractivity contribution in [3.63, 3.8) is 0 Å². The van der Waals surface area contributed by atoms with Crippen molar-refractivity contribution >= 4 is 75.6 Å². The van der Waals surface area contributed by atoms with Crippen LogP contribution in [0.3, 0.4) is 0 Å². The maximum atomic E-state index is 8.58. The summed E-state index contributed by atoms with van der Waals surface area (Å²) in [5.74, 6) is 0.573. The van der Waals surface area contributed by atoms with Gasteiger partial charge in [-0.1, -0.05) is 109 Å². The van der Waals surface area contributed by atoms with Gasteiger partial charge < -0.3 is 4.84 Å². The van der Waals surface area contributed by atoms with E-state index in [1.807, 2.05) is 48.5 Å². The van der Waals surface area contributed by atoms with E-state index in [1.165, 1.54) is 0 Å². The first-order valence-electron chi connectivity index (χ1n) is 20.0. The maximum Gasteiger partial charge on any atom is 0.265 e. The van der Waals surface area contributed by atoms with Gasteiger partial charge in [-0.15, -0.1) is 16.4 Å². The first kappa shape index (κ1) is 19.8. The highest BCUT2D eigenvalue weighted by Gasteiger charge is 2.34. The highest BCUT2D eigenvalue weighted by molar-refractivity contribution is 7.26. The molecule has 5 heteroatoms. The third-order valence-corrected chi connectivity index (χ3v) is 10.4. The third-order valence-electron chi connectivity index (χ3n) is 9.19. The fraction of sp³-hybridized carbons (Fsp3) is 0.0698. The first-order valence-corrected chi connectivity index (χ1v) is 16.3. The monoisotopic (exact) mass is 644 g/mol. The Morgan fingerprint density at radius 3 is 2.15 bits per heavy atom. The second kappa shape index (κ2) is 10.1. The molecule has 2 aromatic heterocycles. The summed E-state index contributed by atoms with van der Waals surface area (Å²) in [6, 6.07) is 37.5. The van der Waals surface area contributed by atoms with E-state index in [0.29, 0.717) is 22.3 Å². The van der Waals surface area contributed by atoms with Gasteiger partial charge >= 0.3 is 0 Å². The molecule has 0 radical (unpaired) electrons. The molecule has 1 aliphatic heterocycles. The molecule has 1 aliphatic rings. The third kappa shape index (κ3) is 3.82. The minimum absolute atomic E-state index is 0.0211. The normalized spacial score (nSPS) is 16.2. The van der Waals surface area contributed by atoms with Gasteiger partial charge in [-0.05, 0) is 71.4 Å². The van der Waals surface area contributed by atoms with E-state index in [0.717, 1.165) is 65.0 Å². The van der Waals surface area contributed by atoms with Crippen molar-refractivity contribution in [2.75, 3.05) is 5.06 Å². The number of fused-ring (bicyclic) bond motifs is 13. The molecule has 0 N–H and O–H groups in total. The van der Waals surface area contributed by atoms with Crippen LogP contribution in [0, 0.1) is 20.6 Å². The summed E-state index contributed by atoms with van der Waals surface area (Å²) in [5.41, 5.74) is 1.43. The van der Waals surface area contributed by atoms with Crippen LogP contribution in [-0.2, 0) is 0 Å². The Morgan fingerprint density at radius 2 is 1.33 bits per heavy atom. The summed E-state index contributed by atoms with van der Waals surface area (Å²) in [7, 11) is 0. The van der Waals surface area contributed by atoms with E-state index in [-0.39, 0.29) is 17.2 Å². The number of rotatable bonds is 2. The SMILES string of the molecule is [2H]C([2H])([2H])c1cc(C([2H])([2H])[2H])c(-c2nc(N3Oc4ccc5ccccc5c4-c4c3c3sc5ccccc5c3c3ccccc43)nc3ccccc23)c(C([2H])([2H])[2H])c1. The van der Waals surface area contributed by atoms with Gasteiger partial charge in [-0.25, -0.2) is 9.97 Å². The van der Waals surface area contributed by atoms with Gasteiger partial charge in [0.05, 0.1) is 15.9 Å². The molecule has 0 bridgehead atoms. The molecule has 7 aromatic carbocycles. The summed E-state index contributed by atoms with van der Waals surface area (Å²) in [5, 5.41) is 8.10. The van der Waals surface area contributed by atoms with Crippen molar-refractivity contribution in [2.24, 2.45) is 0 Å². The minimum atomic E-state index is -2.92. The molecule has 4 nitrogen and oxygen atoms in total. The Labute approximate surface area is 294 Å². The predicted molar refractivity (Wildman–Crippen MR) is 202 cm³/mol. The van der Waals surface area contributed by atoms with E-state index < -0.39 is 37.2 Å². The lowest BCUT2D eigenvalue weighted by atomic mass is 9.89. The molecule has 0 aliphatic carbocycles. The van der Waals surface area contributed by atoms with E-state index in [9.17, 15) is 0 Å². The van der Waals surface area contributed by atoms with Crippen LogP contribution in [-0.4, -0.2) is 9.97 Å². The van der Waals surface area contributed by atoms with Gasteiger partial charge in [-0.3, -0.25) is 0 Å². The number of aromatic nitrogens is 2. The molecular formula is C43H29N3OS. The molecule has 0 saturated heterocycles. The number of hydrogen-bond donors (Lipinski definition) is 0. The van der Waals surface area contributed by atoms with Gasteiger partial charge in [0, 0.05) is 49.9 Å². The molecule has 0 atom stereocenters. The number of hydrogen-bond acceptors (Lipinski definition) is 5. The van der Waals surface area contributed by atoms with Crippen LogP contribution in [0.25, 0.3) is 75.0 Å². The number of thiophene rings is 1. The van der Waals surface area contributed by atoms with Crippen LogP contribution in [0.5, 0.6) is 5.75 Å². The smallest absolute Gasteiger partial charge is 0.265 e. The number of benzene rings is 7. The van der Waals surface area contributed by atoms with Crippen LogP contribution >= 0.6 is 11.3 Å². The fourth-order valence-electron chi connectivity index (χ4n) is 7.20. The summed E-state index contributed by atoms with van der Waals surface area (Å²) >= 11 is 1.61. The fourth-order valence-corrected chi connectivity index (χ4v) is 8.45. The molecule has 0 fully saturated rings. The average molecular weight is 645 g/mol. The highest BCUT2D eigenvalue weighted by Crippen LogP contribution is 2.56. The Hall–Kier alpha value is -5.78. The van der Waals surface area contributed by atoms with E-state index in [2.05, 4.69) is 36.4 Å². The predicted octanol–water partition coefficient (Wildman–Crippen LogP) is 12.0. The zero-order valence-corrected chi connectivity index (χ0v) is 26.0. The zero-order valence-electron chi connectivity index (χ0n) is 34.2. The van der Waals surface area contributed by atoms with Crippen LogP contribution < -0.4 is 9.90 Å². The molecule has 10 rings (SSSR count). The number of anilines is 2. The Kier molecular flexibility index (Phi) is 4.17. The van der Waals surface area contributed by atoms with Crippen LogP contribution in [0.1, 0.15) is 29.0 Å². The highest BCUT2D eigenvalue weighted by atomic mass is 32.1. The van der Waals surface area contributed by atoms with Crippen LogP contribution in [0.4, 0.5) is 11.6 Å². The second-order valence-corrected chi connectivity index (χ2v) is 13.0. The first-order chi connectivity index (χ1) is 27.2. The van der Waals surface area contributed by atoms with E-state index in [1.54, 1.807) is 40.7 Å². The minimum Gasteiger partial charge on any atom is -0.371 e. The average Bonchev–Trinajstić information content (AvgIpc) is 3.58. The van der Waals surface area contributed by atoms with Crippen LogP contribution in [0.15, 0.2) is 121 Å². The van der Waals surface area contributed by atoms with Crippen LogP contribution in [0.2, 0.25) is 0 Å². The Bertz CT molecular complexity index is 3120. The number of nitrogens with zero attached hydrogens (tertiary/aromatic N) is 3. The maximum absolute atomic E-state index is 8.58. The quantitative estimate of drug-likeness (QED) is 0.188. The van der Waals surface area contributed by atoms with E-state index >= 15 is 0 Å². The van der Waals surface area contributed by atoms with Gasteiger partial charge in [0.25, 0.3) is 5.95 Å². The molecule has 0 spiro atoms. The topological polar surface area (TPSA) is 38.2 Å². The molecule has 0 saturated carbocycles. The molecule has 228 valence electrons. The Balaban J connectivity index is 1.36. The van der Waals surface area contributed by atoms with Gasteiger partial charge in [0.2, 0.25) is 0 Å². The molecule has 3 heterocycles. The lowest BCUT2D eigenvalue weighted by Gasteiger charge is -2.33. The lowest BCUT2D eigenvalue weighted by Crippen LogP contribution is -2.28. The molecular weight excluding hydrogens is 607 g/mol. The molecule has 0 amide bonds. The van der Waals surface area contributed by atoms with Gasteiger partial charge in [0.1, 0.15) is 5.69 Å². The standard InChI is InChI=1S/C43H29N3OS/c1-24-22-25(2)36(26(3)23-24)40-31-16-8-10-18-33(31)44-43(45-40)46-41-39(38-28-13-5-4-12-27(28)20-21-34(38)47-46)30-15-7-6-14-29(30)37-32-17-9-11-19-35(32)48-42(37)41/h4-23H,1-3H3/i1D3,2D3,3D3. The summed E-state index contributed by atoms with van der Waals surface area (Å²) in [6.45, 7) is -8.61. The molecule has 0 unspecified atom stereocenters. The van der Waals surface area contributed by atoms with Crippen molar-refractivity contribution < 1.29 is 17.2 Å². The number of aryl methyl sites for hydroxylation is 3. The number of para-hydroxylation sites is 1. The van der Waals surface area contributed by atoms with Gasteiger partial charge in [0.15, 0.2) is 5.75 Å². The van der Waals surface area contributed by atoms with Crippen molar-refractivity contribution in [1.82, 2.24) is 9.97 Å². The van der Waals surface area contributed by atoms with Gasteiger partial charge in [-0.2, -0.15) is 0 Å². The molecule has 9 aromatic rings. The second-order valence-electron chi connectivity index (χ2n) is 12.0. The largest absolute Gasteiger partial charge is 0.371 e. The van der Waals surface area contributed by atoms with E-state index in [4.69, 9.17) is 27.1 Å². The Morgan fingerprint density at radius 1 is 0.625 bits per heavy atom.